The molecule has 2 nitrogen and oxygen atoms in total. The molecule has 0 rings (SSSR count). The Morgan fingerprint density at radius 2 is 1.88 bits per heavy atom. The molecule has 98 valence electrons. The van der Waals surface area contributed by atoms with Gasteiger partial charge in [0.25, 0.3) is 0 Å². The molecule has 0 aromatic heterocycles. The highest BCUT2D eigenvalue weighted by Gasteiger charge is 2.11. The molecule has 0 saturated heterocycles. The van der Waals surface area contributed by atoms with E-state index in [9.17, 15) is 0 Å². The third-order valence-corrected chi connectivity index (χ3v) is 3.94. The van der Waals surface area contributed by atoms with E-state index in [0.29, 0.717) is 12.0 Å². The van der Waals surface area contributed by atoms with Crippen molar-refractivity contribution in [3.63, 3.8) is 0 Å². The minimum atomic E-state index is 0.597. The van der Waals surface area contributed by atoms with Gasteiger partial charge in [0.15, 0.2) is 0 Å². The molecule has 0 fully saturated rings. The van der Waals surface area contributed by atoms with Crippen molar-refractivity contribution in [2.75, 3.05) is 31.8 Å². The van der Waals surface area contributed by atoms with Crippen molar-refractivity contribution < 1.29 is 4.74 Å². The maximum Gasteiger partial charge on any atom is 0.0477 e. The van der Waals surface area contributed by atoms with Crippen LogP contribution in [-0.2, 0) is 4.74 Å². The SMILES string of the molecule is COCCC(NCCSCC(C)C)C(C)C. The predicted molar refractivity (Wildman–Crippen MR) is 75.3 cm³/mol. The summed E-state index contributed by atoms with van der Waals surface area (Å²) in [4.78, 5) is 0. The molecule has 1 atom stereocenters. The van der Waals surface area contributed by atoms with Crippen LogP contribution in [0.3, 0.4) is 0 Å². The topological polar surface area (TPSA) is 21.3 Å². The van der Waals surface area contributed by atoms with Gasteiger partial charge in [-0.2, -0.15) is 11.8 Å². The highest BCUT2D eigenvalue weighted by atomic mass is 32.2. The van der Waals surface area contributed by atoms with Gasteiger partial charge in [-0.3, -0.25) is 0 Å². The molecule has 0 bridgehead atoms. The van der Waals surface area contributed by atoms with Gasteiger partial charge in [0, 0.05) is 32.1 Å². The molecule has 3 heteroatoms. The molecule has 0 aliphatic heterocycles. The fourth-order valence-electron chi connectivity index (χ4n) is 1.55. The monoisotopic (exact) mass is 247 g/mol. The van der Waals surface area contributed by atoms with Crippen molar-refractivity contribution >= 4 is 11.8 Å². The Hall–Kier alpha value is 0.270. The Balaban J connectivity index is 3.52. The Kier molecular flexibility index (Phi) is 10.6. The normalized spacial score (nSPS) is 13.7. The lowest BCUT2D eigenvalue weighted by atomic mass is 10.0. The van der Waals surface area contributed by atoms with Gasteiger partial charge in [0.05, 0.1) is 0 Å². The fraction of sp³-hybridized carbons (Fsp3) is 1.00. The zero-order chi connectivity index (χ0) is 12.4. The summed E-state index contributed by atoms with van der Waals surface area (Å²) >= 11 is 2.05. The first-order valence-corrected chi connectivity index (χ1v) is 7.53. The van der Waals surface area contributed by atoms with E-state index in [1.807, 2.05) is 11.8 Å². The number of methoxy groups -OCH3 is 1. The second kappa shape index (κ2) is 10.4. The molecule has 1 unspecified atom stereocenters. The van der Waals surface area contributed by atoms with Crippen molar-refractivity contribution in [1.82, 2.24) is 5.32 Å². The maximum absolute atomic E-state index is 5.14. The van der Waals surface area contributed by atoms with Crippen LogP contribution in [0.15, 0.2) is 0 Å². The number of hydrogen-bond acceptors (Lipinski definition) is 3. The van der Waals surface area contributed by atoms with Crippen molar-refractivity contribution in [3.05, 3.63) is 0 Å². The summed E-state index contributed by atoms with van der Waals surface area (Å²) in [7, 11) is 1.77. The van der Waals surface area contributed by atoms with Gasteiger partial charge in [0.1, 0.15) is 0 Å². The average Bonchev–Trinajstić information content (AvgIpc) is 2.21. The van der Waals surface area contributed by atoms with Crippen LogP contribution >= 0.6 is 11.8 Å². The van der Waals surface area contributed by atoms with Gasteiger partial charge < -0.3 is 10.1 Å². The number of thioether (sulfide) groups is 1. The molecule has 0 aromatic carbocycles. The number of hydrogen-bond donors (Lipinski definition) is 1. The van der Waals surface area contributed by atoms with Crippen LogP contribution in [0.2, 0.25) is 0 Å². The summed E-state index contributed by atoms with van der Waals surface area (Å²) < 4.78 is 5.14. The van der Waals surface area contributed by atoms with E-state index < -0.39 is 0 Å². The third kappa shape index (κ3) is 9.49. The summed E-state index contributed by atoms with van der Waals surface area (Å²) in [6, 6.07) is 0.597. The van der Waals surface area contributed by atoms with Crippen molar-refractivity contribution in [1.29, 1.82) is 0 Å². The van der Waals surface area contributed by atoms with Crippen molar-refractivity contribution in [3.8, 4) is 0 Å². The van der Waals surface area contributed by atoms with Gasteiger partial charge in [-0.25, -0.2) is 0 Å². The zero-order valence-electron chi connectivity index (χ0n) is 11.6. The standard InChI is InChI=1S/C13H29NOS/c1-11(2)10-16-9-7-14-13(12(3)4)6-8-15-5/h11-14H,6-10H2,1-5H3. The van der Waals surface area contributed by atoms with Crippen LogP contribution in [0.5, 0.6) is 0 Å². The second-order valence-electron chi connectivity index (χ2n) is 5.05. The summed E-state index contributed by atoms with van der Waals surface area (Å²) in [6.45, 7) is 11.1. The molecular formula is C13H29NOS. The lowest BCUT2D eigenvalue weighted by Crippen LogP contribution is -2.36. The van der Waals surface area contributed by atoms with Crippen LogP contribution in [0.1, 0.15) is 34.1 Å². The van der Waals surface area contributed by atoms with Gasteiger partial charge in [-0.15, -0.1) is 0 Å². The zero-order valence-corrected chi connectivity index (χ0v) is 12.4. The largest absolute Gasteiger partial charge is 0.385 e. The summed E-state index contributed by atoms with van der Waals surface area (Å²) in [5.74, 6) is 3.98. The van der Waals surface area contributed by atoms with Crippen LogP contribution in [0.4, 0.5) is 0 Å². The summed E-state index contributed by atoms with van der Waals surface area (Å²) in [5, 5.41) is 3.63. The summed E-state index contributed by atoms with van der Waals surface area (Å²) in [5.41, 5.74) is 0. The highest BCUT2D eigenvalue weighted by molar-refractivity contribution is 7.99. The van der Waals surface area contributed by atoms with Crippen LogP contribution < -0.4 is 5.32 Å². The molecule has 0 aliphatic rings. The fourth-order valence-corrected chi connectivity index (χ4v) is 2.45. The number of ether oxygens (including phenoxy) is 1. The van der Waals surface area contributed by atoms with Crippen molar-refractivity contribution in [2.45, 2.75) is 40.2 Å². The molecule has 0 spiro atoms. The predicted octanol–water partition coefficient (Wildman–Crippen LogP) is 3.03. The summed E-state index contributed by atoms with van der Waals surface area (Å²) in [6.07, 6.45) is 1.11. The van der Waals surface area contributed by atoms with Crippen LogP contribution in [-0.4, -0.2) is 37.8 Å². The van der Waals surface area contributed by atoms with E-state index in [1.165, 1.54) is 11.5 Å². The van der Waals surface area contributed by atoms with E-state index in [4.69, 9.17) is 4.74 Å². The maximum atomic E-state index is 5.14. The van der Waals surface area contributed by atoms with Gasteiger partial charge in [-0.05, 0) is 24.0 Å². The van der Waals surface area contributed by atoms with Gasteiger partial charge in [0.2, 0.25) is 0 Å². The van der Waals surface area contributed by atoms with E-state index in [-0.39, 0.29) is 0 Å². The van der Waals surface area contributed by atoms with Gasteiger partial charge in [-0.1, -0.05) is 27.7 Å². The number of nitrogens with one attached hydrogen (secondary N) is 1. The minimum Gasteiger partial charge on any atom is -0.385 e. The molecular weight excluding hydrogens is 218 g/mol. The van der Waals surface area contributed by atoms with Crippen LogP contribution in [0.25, 0.3) is 0 Å². The third-order valence-electron chi connectivity index (χ3n) is 2.54. The van der Waals surface area contributed by atoms with E-state index >= 15 is 0 Å². The van der Waals surface area contributed by atoms with Gasteiger partial charge >= 0.3 is 0 Å². The molecule has 0 aromatic rings. The lowest BCUT2D eigenvalue weighted by Gasteiger charge is -2.22. The van der Waals surface area contributed by atoms with Crippen LogP contribution in [0, 0.1) is 11.8 Å². The molecule has 0 amide bonds. The molecule has 0 aliphatic carbocycles. The molecule has 1 N–H and O–H groups in total. The quantitative estimate of drug-likeness (QED) is 0.600. The van der Waals surface area contributed by atoms with E-state index in [2.05, 4.69) is 33.0 Å². The Labute approximate surface area is 106 Å². The first kappa shape index (κ1) is 16.3. The number of rotatable bonds is 10. The Morgan fingerprint density at radius 3 is 2.38 bits per heavy atom. The first-order chi connectivity index (χ1) is 7.57. The smallest absolute Gasteiger partial charge is 0.0477 e. The lowest BCUT2D eigenvalue weighted by molar-refractivity contribution is 0.174. The van der Waals surface area contributed by atoms with E-state index in [1.54, 1.807) is 7.11 Å². The molecule has 0 radical (unpaired) electrons. The minimum absolute atomic E-state index is 0.597. The highest BCUT2D eigenvalue weighted by Crippen LogP contribution is 2.08. The Bertz CT molecular complexity index is 151. The van der Waals surface area contributed by atoms with E-state index in [0.717, 1.165) is 25.5 Å². The first-order valence-electron chi connectivity index (χ1n) is 6.38. The Morgan fingerprint density at radius 1 is 1.19 bits per heavy atom. The average molecular weight is 247 g/mol. The van der Waals surface area contributed by atoms with Crippen molar-refractivity contribution in [2.24, 2.45) is 11.8 Å². The molecule has 16 heavy (non-hydrogen) atoms. The molecule has 0 saturated carbocycles. The molecule has 0 heterocycles. The second-order valence-corrected chi connectivity index (χ2v) is 6.20.